The van der Waals surface area contributed by atoms with Crippen molar-refractivity contribution in [1.29, 1.82) is 0 Å². The van der Waals surface area contributed by atoms with Gasteiger partial charge in [0.05, 0.1) is 146 Å². The Hall–Kier alpha value is 1.21. The van der Waals surface area contributed by atoms with E-state index >= 15 is 0 Å². The van der Waals surface area contributed by atoms with Crippen LogP contribution in [-0.2, 0) is 81.5 Å². The van der Waals surface area contributed by atoms with Crippen LogP contribution in [0.4, 0.5) is 0 Å². The summed E-state index contributed by atoms with van der Waals surface area (Å²) in [5.74, 6) is 0. The van der Waals surface area contributed by atoms with E-state index in [1.165, 1.54) is 10.5 Å². The fourth-order valence-electron chi connectivity index (χ4n) is 6.60. The molecule has 0 aliphatic carbocycles. The van der Waals surface area contributed by atoms with Crippen molar-refractivity contribution in [3.05, 3.63) is 51.9 Å². The summed E-state index contributed by atoms with van der Waals surface area (Å²) in [4.78, 5) is 52.0. The van der Waals surface area contributed by atoms with Crippen LogP contribution in [0.3, 0.4) is 0 Å². The molecule has 0 radical (unpaired) electrons. The fraction of sp³-hybridized carbons (Fsp3) is 0.910. The number of benzene rings is 1. The van der Waals surface area contributed by atoms with E-state index in [-0.39, 0.29) is 82.5 Å². The number of hydrogen-bond donors (Lipinski definition) is 0. The zero-order chi connectivity index (χ0) is 77.0. The van der Waals surface area contributed by atoms with Crippen LogP contribution in [0.2, 0.25) is 0 Å². The Kier molecular flexibility index (Phi) is 57.4. The van der Waals surface area contributed by atoms with Gasteiger partial charge in [-0.05, 0) is 256 Å². The van der Waals surface area contributed by atoms with E-state index in [0.717, 1.165) is 0 Å². The SMILES string of the molecule is C1COCCOCCOCCOCCOCCO1.CC(C)(C)O[Si]([O-])(OC(C)(C)C)OC(C)(C)C.CC(C)(C)O[Si]([O-])(OC(C)(C)C)OC(C)(C)C.CC(C)(C)O[Si]([O-])(OC(C)(C)C)OC(C)(C)C.CC(C)(C)O[Si]([O-])(OC(C)(C)C)OC(C)(C)C.Cc1ccccc1.[K+].[N-]=[N+]=[N-].[U+4]. The van der Waals surface area contributed by atoms with Crippen LogP contribution in [-0.4, -0.2) is 183 Å². The molecule has 1 saturated heterocycles. The number of ether oxygens (including phenoxy) is 6. The van der Waals surface area contributed by atoms with Crippen molar-refractivity contribution in [1.82, 2.24) is 0 Å². The third-order valence-corrected chi connectivity index (χ3v) is 18.7. The van der Waals surface area contributed by atoms with Gasteiger partial charge in [-0.2, -0.15) is 0 Å². The monoisotopic (exact) mass is 1730 g/mol. The minimum Gasteiger partial charge on any atom is -0.793 e. The van der Waals surface area contributed by atoms with Crippen LogP contribution >= 0.6 is 0 Å². The largest absolute Gasteiger partial charge is 4.00 e. The molecule has 0 bridgehead atoms. The molecule has 25 nitrogen and oxygen atoms in total. The summed E-state index contributed by atoms with van der Waals surface area (Å²) in [6.07, 6.45) is 0. The van der Waals surface area contributed by atoms with Gasteiger partial charge < -0.3 is 112 Å². The average molecular weight is 1730 g/mol. The molecular formula is C67H140KN3O22Si4U. The molecule has 0 saturated carbocycles. The molecule has 1 aromatic carbocycles. The summed E-state index contributed by atoms with van der Waals surface area (Å²) in [5.41, 5.74) is 7.88. The Bertz CT molecular complexity index is 1700. The van der Waals surface area contributed by atoms with Gasteiger partial charge in [-0.25, -0.2) is 0 Å². The van der Waals surface area contributed by atoms with Crippen molar-refractivity contribution in [2.24, 2.45) is 0 Å². The van der Waals surface area contributed by atoms with E-state index in [1.807, 2.05) is 267 Å². The van der Waals surface area contributed by atoms with Crippen molar-refractivity contribution < 1.29 is 183 Å². The zero-order valence-corrected chi connectivity index (χ0v) is 80.0. The molecule has 0 spiro atoms. The van der Waals surface area contributed by atoms with Gasteiger partial charge in [-0.1, -0.05) is 35.9 Å². The predicted octanol–water partition coefficient (Wildman–Crippen LogP) is 8.88. The van der Waals surface area contributed by atoms with Crippen LogP contribution in [0.25, 0.3) is 16.0 Å². The van der Waals surface area contributed by atoms with Gasteiger partial charge in [0.2, 0.25) is 0 Å². The third kappa shape index (κ3) is 91.4. The van der Waals surface area contributed by atoms with E-state index < -0.39 is 103 Å². The van der Waals surface area contributed by atoms with Crippen LogP contribution in [0.15, 0.2) is 30.3 Å². The van der Waals surface area contributed by atoms with Gasteiger partial charge in [0.15, 0.2) is 0 Å². The second kappa shape index (κ2) is 50.0. The molecule has 1 heterocycles. The van der Waals surface area contributed by atoms with Crippen LogP contribution in [0, 0.1) is 38.0 Å². The first kappa shape index (κ1) is 113. The molecule has 576 valence electrons. The molecule has 1 aliphatic heterocycles. The molecule has 31 heteroatoms. The Morgan fingerprint density at radius 2 is 0.357 bits per heavy atom. The summed E-state index contributed by atoms with van der Waals surface area (Å²) in [5, 5.41) is 0. The quantitative estimate of drug-likeness (QED) is 0.0815. The number of rotatable bonds is 12. The molecule has 0 unspecified atom stereocenters. The molecule has 1 aromatic rings. The fourth-order valence-corrected chi connectivity index (χ4v) is 16.1. The topological polar surface area (TPSA) is 317 Å². The van der Waals surface area contributed by atoms with Crippen molar-refractivity contribution in [2.75, 3.05) is 79.3 Å². The van der Waals surface area contributed by atoms with Crippen molar-refractivity contribution in [3.63, 3.8) is 0 Å². The maximum atomic E-state index is 12.6. The van der Waals surface area contributed by atoms with Crippen LogP contribution in [0.5, 0.6) is 0 Å². The third-order valence-electron chi connectivity index (χ3n) is 8.35. The van der Waals surface area contributed by atoms with Crippen LogP contribution < -0.4 is 70.6 Å². The second-order valence-corrected chi connectivity index (χ2v) is 40.4. The second-order valence-electron chi connectivity index (χ2n) is 34.0. The van der Waals surface area contributed by atoms with Gasteiger partial charge >= 0.3 is 119 Å². The van der Waals surface area contributed by atoms with E-state index in [2.05, 4.69) is 19.1 Å². The molecule has 0 aromatic heterocycles. The average Bonchev–Trinajstić information content (AvgIpc) is 0.847. The standard InChI is InChI=1S/C12H24O6.4C12H27O4Si.C7H8.K.N3.U/c1-2-14-5-6-16-9-10-18-12-11-17-8-7-15-4-3-13-1;4*1-10(2,3)14-17(13,15-11(4,5)6)16-12(7,8)9;1-7-5-3-2-4-6-7;;1-3-2;/h1-12H2;4*1-9H3;2-6H,1H3;;;/q;4*-1;;+1;-1;+4. The molecule has 1 aliphatic rings. The maximum Gasteiger partial charge on any atom is 4.00 e. The normalized spacial score (nSPS) is 15.6. The van der Waals surface area contributed by atoms with Gasteiger partial charge in [0.25, 0.3) is 0 Å². The van der Waals surface area contributed by atoms with E-state index in [1.54, 1.807) is 0 Å². The summed E-state index contributed by atoms with van der Waals surface area (Å²) >= 11 is 0. The molecule has 98 heavy (non-hydrogen) atoms. The van der Waals surface area contributed by atoms with Crippen LogP contribution in [0.1, 0.15) is 255 Å². The first-order chi connectivity index (χ1) is 42.3. The summed E-state index contributed by atoms with van der Waals surface area (Å²) < 4.78 is 98.2. The number of nitrogens with zero attached hydrogens (tertiary/aromatic N) is 3. The van der Waals surface area contributed by atoms with Gasteiger partial charge in [-0.3, -0.25) is 4.91 Å². The zero-order valence-electron chi connectivity index (χ0n) is 68.7. The summed E-state index contributed by atoms with van der Waals surface area (Å²) in [6.45, 7) is 74.8. The van der Waals surface area contributed by atoms with Crippen molar-refractivity contribution in [3.8, 4) is 0 Å². The Morgan fingerprint density at radius 3 is 0.418 bits per heavy atom. The summed E-state index contributed by atoms with van der Waals surface area (Å²) in [6, 6.07) is 10.3. The first-order valence-corrected chi connectivity index (χ1v) is 39.5. The molecule has 0 atom stereocenters. The van der Waals surface area contributed by atoms with Crippen molar-refractivity contribution in [2.45, 2.75) is 323 Å². The Balaban J connectivity index is -0.000000203. The molecule has 1 fully saturated rings. The maximum absolute atomic E-state index is 12.6. The summed E-state index contributed by atoms with van der Waals surface area (Å²) in [7, 11) is -15.6. The van der Waals surface area contributed by atoms with E-state index in [4.69, 9.17) is 92.6 Å². The van der Waals surface area contributed by atoms with Crippen molar-refractivity contribution >= 4 is 36.2 Å². The Labute approximate surface area is 667 Å². The number of aryl methyl sites for hydroxylation is 1. The van der Waals surface area contributed by atoms with E-state index in [9.17, 15) is 19.2 Å². The molecule has 2 rings (SSSR count). The minimum atomic E-state index is -3.91. The molecule has 0 amide bonds. The predicted molar refractivity (Wildman–Crippen MR) is 379 cm³/mol. The van der Waals surface area contributed by atoms with Gasteiger partial charge in [-0.15, -0.1) is 0 Å². The Morgan fingerprint density at radius 1 is 0.265 bits per heavy atom. The minimum absolute atomic E-state index is 0. The van der Waals surface area contributed by atoms with Gasteiger partial charge in [0, 0.05) is 0 Å². The first-order valence-electron chi connectivity index (χ1n) is 33.0. The molecule has 0 N–H and O–H groups in total. The number of hydrogen-bond acceptors (Lipinski definition) is 22. The van der Waals surface area contributed by atoms with E-state index in [0.29, 0.717) is 79.3 Å². The van der Waals surface area contributed by atoms with Gasteiger partial charge in [0.1, 0.15) is 0 Å². The smallest absolute Gasteiger partial charge is 0.793 e. The molecular weight excluding hydrogens is 1590 g/mol.